The van der Waals surface area contributed by atoms with Crippen molar-refractivity contribution in [1.82, 2.24) is 4.90 Å². The molecule has 1 heterocycles. The Hall–Kier alpha value is -1.10. The van der Waals surface area contributed by atoms with Crippen LogP contribution in [0.2, 0.25) is 0 Å². The zero-order chi connectivity index (χ0) is 9.14. The van der Waals surface area contributed by atoms with E-state index in [1.54, 1.807) is 4.90 Å². The second-order valence-corrected chi connectivity index (χ2v) is 2.95. The van der Waals surface area contributed by atoms with E-state index in [4.69, 9.17) is 11.5 Å². The Balaban J connectivity index is 2.40. The summed E-state index contributed by atoms with van der Waals surface area (Å²) in [6.07, 6.45) is 1.41. The highest BCUT2D eigenvalue weighted by molar-refractivity contribution is 5.82. The number of carbonyl (C=O) groups excluding carboxylic acids is 2. The van der Waals surface area contributed by atoms with E-state index in [-0.39, 0.29) is 12.5 Å². The third-order valence-electron chi connectivity index (χ3n) is 1.95. The molecule has 0 saturated carbocycles. The van der Waals surface area contributed by atoms with Gasteiger partial charge in [0.05, 0.1) is 0 Å². The van der Waals surface area contributed by atoms with Gasteiger partial charge in [-0.2, -0.15) is 0 Å². The van der Waals surface area contributed by atoms with Crippen molar-refractivity contribution in [2.75, 3.05) is 13.1 Å². The molecule has 5 heteroatoms. The number of carbonyl (C=O) groups is 2. The van der Waals surface area contributed by atoms with Crippen molar-refractivity contribution in [3.05, 3.63) is 0 Å². The van der Waals surface area contributed by atoms with E-state index in [9.17, 15) is 9.59 Å². The molecule has 0 aromatic rings. The van der Waals surface area contributed by atoms with Gasteiger partial charge in [-0.1, -0.05) is 0 Å². The molecule has 0 radical (unpaired) electrons. The van der Waals surface area contributed by atoms with Gasteiger partial charge in [0.2, 0.25) is 11.8 Å². The van der Waals surface area contributed by atoms with Gasteiger partial charge in [-0.05, 0) is 6.42 Å². The second-order valence-electron chi connectivity index (χ2n) is 2.95. The maximum absolute atomic E-state index is 11.1. The Morgan fingerprint density at radius 3 is 2.75 bits per heavy atom. The first-order valence-electron chi connectivity index (χ1n) is 3.94. The molecule has 1 aliphatic rings. The molecule has 0 spiro atoms. The molecule has 1 rings (SSSR count). The van der Waals surface area contributed by atoms with Crippen LogP contribution in [0.15, 0.2) is 0 Å². The molecule has 1 fully saturated rings. The van der Waals surface area contributed by atoms with Crippen molar-refractivity contribution in [2.24, 2.45) is 11.5 Å². The maximum atomic E-state index is 11.1. The Kier molecular flexibility index (Phi) is 2.65. The largest absolute Gasteiger partial charge is 0.368 e. The van der Waals surface area contributed by atoms with Crippen molar-refractivity contribution >= 4 is 11.8 Å². The van der Waals surface area contributed by atoms with Crippen LogP contribution < -0.4 is 11.5 Å². The van der Waals surface area contributed by atoms with E-state index >= 15 is 0 Å². The van der Waals surface area contributed by atoms with Gasteiger partial charge < -0.3 is 16.4 Å². The van der Waals surface area contributed by atoms with Gasteiger partial charge in [-0.3, -0.25) is 9.59 Å². The van der Waals surface area contributed by atoms with Gasteiger partial charge in [0.25, 0.3) is 0 Å². The molecular formula is C7H13N3O2. The smallest absolute Gasteiger partial charge is 0.236 e. The van der Waals surface area contributed by atoms with Gasteiger partial charge in [0.15, 0.2) is 0 Å². The van der Waals surface area contributed by atoms with E-state index in [1.807, 2.05) is 0 Å². The fraction of sp³-hybridized carbons (Fsp3) is 0.714. The first-order chi connectivity index (χ1) is 5.61. The zero-order valence-corrected chi connectivity index (χ0v) is 6.82. The lowest BCUT2D eigenvalue weighted by Crippen LogP contribution is -2.46. The van der Waals surface area contributed by atoms with E-state index in [2.05, 4.69) is 0 Å². The van der Waals surface area contributed by atoms with Gasteiger partial charge in [0.1, 0.15) is 6.04 Å². The molecule has 1 aliphatic heterocycles. The van der Waals surface area contributed by atoms with Crippen LogP contribution in [-0.2, 0) is 9.59 Å². The van der Waals surface area contributed by atoms with Crippen LogP contribution in [0.4, 0.5) is 0 Å². The fourth-order valence-electron chi connectivity index (χ4n) is 1.22. The lowest BCUT2D eigenvalue weighted by Gasteiger charge is -2.18. The van der Waals surface area contributed by atoms with Crippen molar-refractivity contribution in [3.63, 3.8) is 0 Å². The van der Waals surface area contributed by atoms with Crippen molar-refractivity contribution in [1.29, 1.82) is 0 Å². The summed E-state index contributed by atoms with van der Waals surface area (Å²) in [6.45, 7) is 0.952. The minimum absolute atomic E-state index is 0.0618. The summed E-state index contributed by atoms with van der Waals surface area (Å²) in [6, 6.07) is -0.730. The standard InChI is InChI=1S/C7H13N3O2/c8-5(7(9)12)4-10-3-1-2-6(10)11/h5H,1-4,8H2,(H2,9,12). The third-order valence-corrected chi connectivity index (χ3v) is 1.95. The summed E-state index contributed by atoms with van der Waals surface area (Å²) in [4.78, 5) is 23.2. The first kappa shape index (κ1) is 8.99. The fourth-order valence-corrected chi connectivity index (χ4v) is 1.22. The number of amides is 2. The van der Waals surface area contributed by atoms with Crippen LogP contribution in [0.1, 0.15) is 12.8 Å². The molecule has 2 amide bonds. The van der Waals surface area contributed by atoms with Crippen molar-refractivity contribution in [2.45, 2.75) is 18.9 Å². The summed E-state index contributed by atoms with van der Waals surface area (Å²) < 4.78 is 0. The summed E-state index contributed by atoms with van der Waals surface area (Å²) >= 11 is 0. The van der Waals surface area contributed by atoms with Gasteiger partial charge in [0, 0.05) is 19.5 Å². The number of primary amides is 1. The summed E-state index contributed by atoms with van der Waals surface area (Å²) in [5, 5.41) is 0. The second kappa shape index (κ2) is 3.53. The van der Waals surface area contributed by atoms with Crippen LogP contribution >= 0.6 is 0 Å². The minimum atomic E-state index is -0.730. The van der Waals surface area contributed by atoms with Gasteiger partial charge in [-0.25, -0.2) is 0 Å². The number of hydrogen-bond donors (Lipinski definition) is 2. The summed E-state index contributed by atoms with van der Waals surface area (Å²) in [5.74, 6) is -0.499. The highest BCUT2D eigenvalue weighted by Gasteiger charge is 2.23. The lowest BCUT2D eigenvalue weighted by molar-refractivity contribution is -0.128. The van der Waals surface area contributed by atoms with Crippen LogP contribution in [0.5, 0.6) is 0 Å². The minimum Gasteiger partial charge on any atom is -0.368 e. The van der Waals surface area contributed by atoms with Crippen LogP contribution in [0.25, 0.3) is 0 Å². The summed E-state index contributed by atoms with van der Waals surface area (Å²) in [7, 11) is 0. The average Bonchev–Trinajstić information content (AvgIpc) is 2.36. The van der Waals surface area contributed by atoms with E-state index in [1.165, 1.54) is 0 Å². The molecule has 1 unspecified atom stereocenters. The van der Waals surface area contributed by atoms with E-state index < -0.39 is 11.9 Å². The Morgan fingerprint density at radius 2 is 2.33 bits per heavy atom. The summed E-state index contributed by atoms with van der Waals surface area (Å²) in [5.41, 5.74) is 10.3. The molecule has 0 aliphatic carbocycles. The predicted octanol–water partition coefficient (Wildman–Crippen LogP) is -1.58. The van der Waals surface area contributed by atoms with Crippen LogP contribution in [-0.4, -0.2) is 35.8 Å². The van der Waals surface area contributed by atoms with Gasteiger partial charge in [-0.15, -0.1) is 0 Å². The maximum Gasteiger partial charge on any atom is 0.236 e. The van der Waals surface area contributed by atoms with Crippen LogP contribution in [0, 0.1) is 0 Å². The number of nitrogens with two attached hydrogens (primary N) is 2. The van der Waals surface area contributed by atoms with Crippen molar-refractivity contribution < 1.29 is 9.59 Å². The topological polar surface area (TPSA) is 89.4 Å². The average molecular weight is 171 g/mol. The zero-order valence-electron chi connectivity index (χ0n) is 6.82. The quantitative estimate of drug-likeness (QED) is 0.537. The molecular weight excluding hydrogens is 158 g/mol. The molecule has 12 heavy (non-hydrogen) atoms. The molecule has 0 aromatic heterocycles. The SMILES string of the molecule is NC(=O)C(N)CN1CCCC1=O. The predicted molar refractivity (Wildman–Crippen MR) is 43.0 cm³/mol. The third kappa shape index (κ3) is 1.94. The van der Waals surface area contributed by atoms with Crippen molar-refractivity contribution in [3.8, 4) is 0 Å². The molecule has 1 saturated heterocycles. The highest BCUT2D eigenvalue weighted by Crippen LogP contribution is 2.08. The lowest BCUT2D eigenvalue weighted by atomic mass is 10.3. The Bertz CT molecular complexity index is 205. The number of hydrogen-bond acceptors (Lipinski definition) is 3. The number of nitrogens with zero attached hydrogens (tertiary/aromatic N) is 1. The van der Waals surface area contributed by atoms with E-state index in [0.717, 1.165) is 6.42 Å². The highest BCUT2D eigenvalue weighted by atomic mass is 16.2. The van der Waals surface area contributed by atoms with E-state index in [0.29, 0.717) is 13.0 Å². The van der Waals surface area contributed by atoms with Crippen LogP contribution in [0.3, 0.4) is 0 Å². The number of rotatable bonds is 3. The monoisotopic (exact) mass is 171 g/mol. The molecule has 0 bridgehead atoms. The van der Waals surface area contributed by atoms with Gasteiger partial charge >= 0.3 is 0 Å². The molecule has 1 atom stereocenters. The number of likely N-dealkylation sites (tertiary alicyclic amines) is 1. The molecule has 4 N–H and O–H groups in total. The molecule has 5 nitrogen and oxygen atoms in total. The Morgan fingerprint density at radius 1 is 1.67 bits per heavy atom. The normalized spacial score (nSPS) is 19.8. The first-order valence-corrected chi connectivity index (χ1v) is 3.94. The molecule has 0 aromatic carbocycles. The molecule has 68 valence electrons. The Labute approximate surface area is 70.7 Å².